The number of hydrogen-bond acceptors (Lipinski definition) is 5. The fourth-order valence-corrected chi connectivity index (χ4v) is 0.767. The molecule has 0 rings (SSSR count). The van der Waals surface area contributed by atoms with Crippen LogP contribution in [0, 0.1) is 4.91 Å². The number of allylic oxidation sites excluding steroid dienone is 1. The van der Waals surface area contributed by atoms with Crippen LogP contribution < -0.4 is 0 Å². The van der Waals surface area contributed by atoms with Gasteiger partial charge in [0.1, 0.15) is 5.76 Å². The van der Waals surface area contributed by atoms with Crippen LogP contribution in [-0.2, 0) is 9.53 Å². The molecule has 1 N–H and O–H groups in total. The van der Waals surface area contributed by atoms with Gasteiger partial charge in [-0.2, -0.15) is 0 Å². The first-order valence-electron chi connectivity index (χ1n) is 4.01. The van der Waals surface area contributed by atoms with Crippen molar-refractivity contribution in [3.8, 4) is 0 Å². The molecule has 0 aromatic carbocycles. The Labute approximate surface area is 76.4 Å². The molecule has 74 valence electrons. The number of methoxy groups -OCH3 is 1. The molecule has 0 heterocycles. The number of carbonyl (C=O) groups is 1. The highest BCUT2D eigenvalue weighted by Gasteiger charge is 2.16. The smallest absolute Gasteiger partial charge is 0.363 e. The van der Waals surface area contributed by atoms with Crippen LogP contribution in [0.2, 0.25) is 0 Å². The molecule has 0 amide bonds. The molecule has 0 saturated heterocycles. The number of rotatable bonds is 5. The first kappa shape index (κ1) is 11.6. The monoisotopic (exact) mass is 187 g/mol. The van der Waals surface area contributed by atoms with E-state index in [-0.39, 0.29) is 12.2 Å². The summed E-state index contributed by atoms with van der Waals surface area (Å²) in [6.45, 7) is 1.93. The number of ether oxygens (including phenoxy) is 1. The second-order valence-electron chi connectivity index (χ2n) is 2.48. The molecule has 0 aliphatic carbocycles. The van der Waals surface area contributed by atoms with Crippen LogP contribution in [0.4, 0.5) is 0 Å². The van der Waals surface area contributed by atoms with Crippen molar-refractivity contribution in [3.63, 3.8) is 0 Å². The maximum Gasteiger partial charge on any atom is 0.363 e. The molecule has 0 aromatic rings. The van der Waals surface area contributed by atoms with Crippen LogP contribution in [0.15, 0.2) is 16.6 Å². The maximum absolute atomic E-state index is 10.8. The fourth-order valence-electron chi connectivity index (χ4n) is 0.767. The summed E-state index contributed by atoms with van der Waals surface area (Å²) in [5.41, 5.74) is -0.532. The first-order valence-corrected chi connectivity index (χ1v) is 4.01. The lowest BCUT2D eigenvalue weighted by atomic mass is 10.2. The van der Waals surface area contributed by atoms with Gasteiger partial charge in [-0.15, -0.1) is 4.91 Å². The Hall–Kier alpha value is -1.39. The third kappa shape index (κ3) is 3.68. The van der Waals surface area contributed by atoms with Crippen LogP contribution >= 0.6 is 0 Å². The van der Waals surface area contributed by atoms with Gasteiger partial charge in [0.15, 0.2) is 0 Å². The van der Waals surface area contributed by atoms with Gasteiger partial charge in [-0.25, -0.2) is 4.79 Å². The highest BCUT2D eigenvalue weighted by Crippen LogP contribution is 2.11. The van der Waals surface area contributed by atoms with Crippen LogP contribution in [0.1, 0.15) is 26.2 Å². The topological polar surface area (TPSA) is 76.0 Å². The van der Waals surface area contributed by atoms with E-state index >= 15 is 0 Å². The van der Waals surface area contributed by atoms with Crippen LogP contribution in [0.3, 0.4) is 0 Å². The second kappa shape index (κ2) is 6.16. The van der Waals surface area contributed by atoms with Crippen molar-refractivity contribution < 1.29 is 14.6 Å². The normalized spacial score (nSPS) is 11.8. The molecule has 5 nitrogen and oxygen atoms in total. The molecule has 0 aromatic heterocycles. The van der Waals surface area contributed by atoms with Gasteiger partial charge in [0.2, 0.25) is 5.70 Å². The minimum atomic E-state index is -0.899. The highest BCUT2D eigenvalue weighted by atomic mass is 16.5. The summed E-state index contributed by atoms with van der Waals surface area (Å²) in [5, 5.41) is 11.6. The van der Waals surface area contributed by atoms with Gasteiger partial charge in [0, 0.05) is 6.42 Å². The number of unbranched alkanes of at least 4 members (excludes halogenated alkanes) is 1. The van der Waals surface area contributed by atoms with E-state index in [2.05, 4.69) is 9.91 Å². The summed E-state index contributed by atoms with van der Waals surface area (Å²) in [7, 11) is 1.13. The summed E-state index contributed by atoms with van der Waals surface area (Å²) < 4.78 is 4.25. The number of aliphatic hydroxyl groups excluding tert-OH is 1. The zero-order chi connectivity index (χ0) is 10.3. The zero-order valence-electron chi connectivity index (χ0n) is 7.74. The average molecular weight is 187 g/mol. The second-order valence-corrected chi connectivity index (χ2v) is 2.48. The van der Waals surface area contributed by atoms with Gasteiger partial charge >= 0.3 is 5.97 Å². The summed E-state index contributed by atoms with van der Waals surface area (Å²) in [5.74, 6) is -1.20. The molecule has 13 heavy (non-hydrogen) atoms. The van der Waals surface area contributed by atoms with E-state index in [4.69, 9.17) is 0 Å². The van der Waals surface area contributed by atoms with Crippen molar-refractivity contribution in [1.82, 2.24) is 0 Å². The van der Waals surface area contributed by atoms with E-state index in [1.54, 1.807) is 0 Å². The van der Waals surface area contributed by atoms with Crippen molar-refractivity contribution >= 4 is 5.97 Å². The van der Waals surface area contributed by atoms with Crippen molar-refractivity contribution in [2.45, 2.75) is 26.2 Å². The highest BCUT2D eigenvalue weighted by molar-refractivity contribution is 5.88. The van der Waals surface area contributed by atoms with E-state index in [1.165, 1.54) is 0 Å². The SMILES string of the molecule is CCCC/C(O)=C(\N=O)C(=O)OC. The van der Waals surface area contributed by atoms with Gasteiger partial charge in [0.05, 0.1) is 7.11 Å². The van der Waals surface area contributed by atoms with Gasteiger partial charge in [0.25, 0.3) is 0 Å². The third-order valence-electron chi connectivity index (χ3n) is 1.51. The Morgan fingerprint density at radius 1 is 1.54 bits per heavy atom. The molecule has 0 unspecified atom stereocenters. The van der Waals surface area contributed by atoms with Gasteiger partial charge in [-0.05, 0) is 11.6 Å². The molecule has 0 saturated carbocycles. The number of nitroso groups, excluding NO2 is 1. The predicted octanol–water partition coefficient (Wildman–Crippen LogP) is 1.89. The Kier molecular flexibility index (Phi) is 5.50. The predicted molar refractivity (Wildman–Crippen MR) is 47.0 cm³/mol. The van der Waals surface area contributed by atoms with Crippen molar-refractivity contribution in [1.29, 1.82) is 0 Å². The molecule has 0 atom stereocenters. The average Bonchev–Trinajstić information content (AvgIpc) is 2.15. The van der Waals surface area contributed by atoms with Gasteiger partial charge < -0.3 is 9.84 Å². The summed E-state index contributed by atoms with van der Waals surface area (Å²) in [6.07, 6.45) is 1.83. The Morgan fingerprint density at radius 2 is 2.15 bits per heavy atom. The van der Waals surface area contributed by atoms with Crippen molar-refractivity contribution in [2.75, 3.05) is 7.11 Å². The van der Waals surface area contributed by atoms with Gasteiger partial charge in [-0.3, -0.25) is 0 Å². The summed E-state index contributed by atoms with van der Waals surface area (Å²) in [4.78, 5) is 21.0. The Balaban J connectivity index is 4.48. The van der Waals surface area contributed by atoms with Crippen LogP contribution in [-0.4, -0.2) is 18.2 Å². The van der Waals surface area contributed by atoms with Crippen LogP contribution in [0.5, 0.6) is 0 Å². The Bertz CT molecular complexity index is 222. The lowest BCUT2D eigenvalue weighted by molar-refractivity contribution is -0.136. The molecule has 0 radical (unpaired) electrons. The molecule has 5 heteroatoms. The maximum atomic E-state index is 10.8. The molecule has 0 spiro atoms. The molecule has 0 aliphatic heterocycles. The van der Waals surface area contributed by atoms with E-state index in [1.807, 2.05) is 6.92 Å². The van der Waals surface area contributed by atoms with E-state index in [0.29, 0.717) is 6.42 Å². The fraction of sp³-hybridized carbons (Fsp3) is 0.625. The minimum Gasteiger partial charge on any atom is -0.510 e. The van der Waals surface area contributed by atoms with E-state index in [9.17, 15) is 14.8 Å². The number of nitrogens with zero attached hydrogens (tertiary/aromatic N) is 1. The first-order chi connectivity index (χ1) is 6.17. The third-order valence-corrected chi connectivity index (χ3v) is 1.51. The minimum absolute atomic E-state index is 0.271. The summed E-state index contributed by atoms with van der Waals surface area (Å²) >= 11 is 0. The number of aliphatic hydroxyl groups is 1. The zero-order valence-corrected chi connectivity index (χ0v) is 7.74. The molecule has 0 fully saturated rings. The van der Waals surface area contributed by atoms with Crippen molar-refractivity contribution in [2.24, 2.45) is 5.18 Å². The standard InChI is InChI=1S/C8H13NO4/c1-3-4-5-6(10)7(9-12)8(11)13-2/h10H,3-5H2,1-2H3/b7-6+. The van der Waals surface area contributed by atoms with Gasteiger partial charge in [-0.1, -0.05) is 13.3 Å². The quantitative estimate of drug-likeness (QED) is 0.308. The van der Waals surface area contributed by atoms with E-state index < -0.39 is 11.7 Å². The number of hydrogen-bond donors (Lipinski definition) is 1. The number of esters is 1. The molecule has 0 bridgehead atoms. The lowest BCUT2D eigenvalue weighted by Gasteiger charge is -2.00. The molecule has 0 aliphatic rings. The largest absolute Gasteiger partial charge is 0.510 e. The Morgan fingerprint density at radius 3 is 2.54 bits per heavy atom. The lowest BCUT2D eigenvalue weighted by Crippen LogP contribution is -2.05. The molecular formula is C8H13NO4. The number of carbonyl (C=O) groups excluding carboxylic acids is 1. The molecular weight excluding hydrogens is 174 g/mol. The summed E-state index contributed by atoms with van der Waals surface area (Å²) in [6, 6.07) is 0. The van der Waals surface area contributed by atoms with E-state index in [0.717, 1.165) is 13.5 Å². The van der Waals surface area contributed by atoms with Crippen molar-refractivity contribution in [3.05, 3.63) is 16.4 Å². The van der Waals surface area contributed by atoms with Crippen LogP contribution in [0.25, 0.3) is 0 Å².